The van der Waals surface area contributed by atoms with Crippen molar-refractivity contribution < 1.29 is 9.66 Å². The van der Waals surface area contributed by atoms with E-state index >= 15 is 0 Å². The number of nitro groups is 1. The Kier molecular flexibility index (Phi) is 3.48. The summed E-state index contributed by atoms with van der Waals surface area (Å²) in [5.41, 5.74) is 0.0178. The second-order valence-electron chi connectivity index (χ2n) is 2.35. The Morgan fingerprint density at radius 2 is 2.07 bits per heavy atom. The van der Waals surface area contributed by atoms with E-state index < -0.39 is 9.94 Å². The Morgan fingerprint density at radius 3 is 2.50 bits per heavy atom. The van der Waals surface area contributed by atoms with E-state index in [9.17, 15) is 10.1 Å². The highest BCUT2D eigenvalue weighted by molar-refractivity contribution is 9.09. The van der Waals surface area contributed by atoms with Gasteiger partial charge < -0.3 is 4.74 Å². The van der Waals surface area contributed by atoms with Gasteiger partial charge in [-0.05, 0) is 28.1 Å². The topological polar surface area (TPSA) is 52.4 Å². The number of nitro benzene ring substituents is 1. The van der Waals surface area contributed by atoms with Crippen LogP contribution in [0.3, 0.4) is 0 Å². The third-order valence-electron chi connectivity index (χ3n) is 1.42. The van der Waals surface area contributed by atoms with Gasteiger partial charge in [0.2, 0.25) is 5.01 Å². The molecule has 72 valence electrons. The molecule has 0 aliphatic heterocycles. The summed E-state index contributed by atoms with van der Waals surface area (Å²) in [6, 6.07) is 5.69. The molecule has 0 N–H and O–H groups in total. The van der Waals surface area contributed by atoms with Gasteiger partial charge in [-0.1, -0.05) is 5.92 Å². The summed E-state index contributed by atoms with van der Waals surface area (Å²) in [7, 11) is 0. The van der Waals surface area contributed by atoms with Crippen molar-refractivity contribution in [3.8, 4) is 18.1 Å². The maximum atomic E-state index is 10.3. The lowest BCUT2D eigenvalue weighted by Gasteiger charge is -2.06. The molecule has 1 aromatic carbocycles. The number of halogens is 1. The predicted octanol–water partition coefficient (Wildman–Crippen LogP) is 2.33. The largest absolute Gasteiger partial charge is 0.467 e. The van der Waals surface area contributed by atoms with Gasteiger partial charge in [0.25, 0.3) is 5.69 Å². The SMILES string of the molecule is C#CC(Br)Oc1ccc([N+](=O)[O-])cc1. The highest BCUT2D eigenvalue weighted by Crippen LogP contribution is 2.19. The van der Waals surface area contributed by atoms with Crippen molar-refractivity contribution in [3.63, 3.8) is 0 Å². The highest BCUT2D eigenvalue weighted by atomic mass is 79.9. The van der Waals surface area contributed by atoms with Crippen LogP contribution >= 0.6 is 15.9 Å². The molecule has 1 unspecified atom stereocenters. The molecule has 0 saturated carbocycles. The number of benzene rings is 1. The van der Waals surface area contributed by atoms with Gasteiger partial charge in [-0.25, -0.2) is 0 Å². The van der Waals surface area contributed by atoms with Gasteiger partial charge in [0.15, 0.2) is 0 Å². The van der Waals surface area contributed by atoms with Crippen LogP contribution in [-0.2, 0) is 0 Å². The fraction of sp³-hybridized carbons (Fsp3) is 0.111. The van der Waals surface area contributed by atoms with Crippen molar-refractivity contribution >= 4 is 21.6 Å². The van der Waals surface area contributed by atoms with Crippen LogP contribution in [0, 0.1) is 22.5 Å². The van der Waals surface area contributed by atoms with Crippen molar-refractivity contribution in [3.05, 3.63) is 34.4 Å². The third-order valence-corrected chi connectivity index (χ3v) is 1.87. The lowest BCUT2D eigenvalue weighted by molar-refractivity contribution is -0.384. The number of non-ortho nitro benzene ring substituents is 1. The summed E-state index contributed by atoms with van der Waals surface area (Å²) < 4.78 is 5.16. The van der Waals surface area contributed by atoms with Crippen LogP contribution in [0.2, 0.25) is 0 Å². The Labute approximate surface area is 89.2 Å². The van der Waals surface area contributed by atoms with Crippen molar-refractivity contribution in [2.45, 2.75) is 5.01 Å². The Bertz CT molecular complexity index is 369. The summed E-state index contributed by atoms with van der Waals surface area (Å²) in [5.74, 6) is 2.79. The van der Waals surface area contributed by atoms with E-state index in [0.29, 0.717) is 5.75 Å². The normalized spacial score (nSPS) is 11.4. The summed E-state index contributed by atoms with van der Waals surface area (Å²) in [6.07, 6.45) is 5.07. The number of terminal acetylenes is 1. The van der Waals surface area contributed by atoms with E-state index in [1.807, 2.05) is 0 Å². The molecule has 14 heavy (non-hydrogen) atoms. The van der Waals surface area contributed by atoms with Crippen molar-refractivity contribution in [1.82, 2.24) is 0 Å². The molecule has 0 radical (unpaired) electrons. The Hall–Kier alpha value is -1.54. The van der Waals surface area contributed by atoms with Crippen LogP contribution in [0.25, 0.3) is 0 Å². The minimum atomic E-state index is -0.524. The van der Waals surface area contributed by atoms with Gasteiger partial charge in [0, 0.05) is 12.1 Å². The second kappa shape index (κ2) is 4.63. The monoisotopic (exact) mass is 255 g/mol. The molecule has 1 aromatic rings. The first-order chi connectivity index (χ1) is 6.63. The van der Waals surface area contributed by atoms with Gasteiger partial charge >= 0.3 is 0 Å². The number of ether oxygens (including phenoxy) is 1. The number of hydrogen-bond acceptors (Lipinski definition) is 3. The van der Waals surface area contributed by atoms with Crippen LogP contribution in [0.4, 0.5) is 5.69 Å². The lowest BCUT2D eigenvalue weighted by atomic mass is 10.3. The molecule has 0 aliphatic carbocycles. The van der Waals surface area contributed by atoms with Crippen LogP contribution in [0.1, 0.15) is 0 Å². The maximum absolute atomic E-state index is 10.3. The van der Waals surface area contributed by atoms with Crippen LogP contribution in [-0.4, -0.2) is 9.94 Å². The zero-order chi connectivity index (χ0) is 10.6. The number of nitrogens with zero attached hydrogens (tertiary/aromatic N) is 1. The van der Waals surface area contributed by atoms with Gasteiger partial charge in [0.05, 0.1) is 4.92 Å². The molecule has 4 nitrogen and oxygen atoms in total. The van der Waals surface area contributed by atoms with Crippen LogP contribution < -0.4 is 4.74 Å². The van der Waals surface area contributed by atoms with E-state index in [-0.39, 0.29) is 5.69 Å². The summed E-state index contributed by atoms with van der Waals surface area (Å²) in [5, 5.41) is 9.79. The quantitative estimate of drug-likeness (QED) is 0.361. The predicted molar refractivity (Wildman–Crippen MR) is 55.3 cm³/mol. The van der Waals surface area contributed by atoms with Gasteiger partial charge in [-0.2, -0.15) is 0 Å². The first kappa shape index (κ1) is 10.5. The molecular formula is C9H6BrNO3. The van der Waals surface area contributed by atoms with Gasteiger partial charge in [0.1, 0.15) is 5.75 Å². The zero-order valence-corrected chi connectivity index (χ0v) is 8.60. The first-order valence-corrected chi connectivity index (χ1v) is 4.56. The molecule has 0 aliphatic rings. The fourth-order valence-corrected chi connectivity index (χ4v) is 1.02. The Balaban J connectivity index is 2.75. The van der Waals surface area contributed by atoms with E-state index in [2.05, 4.69) is 21.9 Å². The lowest BCUT2D eigenvalue weighted by Crippen LogP contribution is -2.03. The molecule has 0 saturated heterocycles. The number of alkyl halides is 1. The van der Waals surface area contributed by atoms with Crippen molar-refractivity contribution in [2.24, 2.45) is 0 Å². The molecule has 1 atom stereocenters. The second-order valence-corrected chi connectivity index (χ2v) is 3.18. The smallest absolute Gasteiger partial charge is 0.269 e. The number of hydrogen-bond donors (Lipinski definition) is 0. The summed E-state index contributed by atoms with van der Waals surface area (Å²) in [4.78, 5) is 9.84. The molecule has 1 rings (SSSR count). The molecule has 0 aromatic heterocycles. The van der Waals surface area contributed by atoms with E-state index in [1.54, 1.807) is 0 Å². The molecule has 0 amide bonds. The van der Waals surface area contributed by atoms with E-state index in [0.717, 1.165) is 0 Å². The highest BCUT2D eigenvalue weighted by Gasteiger charge is 2.05. The molecule has 0 bridgehead atoms. The summed E-state index contributed by atoms with van der Waals surface area (Å²) >= 11 is 3.07. The molecule has 0 fully saturated rings. The average Bonchev–Trinajstić information content (AvgIpc) is 2.18. The minimum Gasteiger partial charge on any atom is -0.467 e. The van der Waals surface area contributed by atoms with Gasteiger partial charge in [-0.15, -0.1) is 6.42 Å². The maximum Gasteiger partial charge on any atom is 0.269 e. The first-order valence-electron chi connectivity index (χ1n) is 3.65. The average molecular weight is 256 g/mol. The standard InChI is InChI=1S/C9H6BrNO3/c1-2-9(10)14-8-5-3-7(4-6-8)11(12)13/h1,3-6,9H. The molecule has 0 heterocycles. The zero-order valence-electron chi connectivity index (χ0n) is 7.01. The van der Waals surface area contributed by atoms with E-state index in [4.69, 9.17) is 11.2 Å². The van der Waals surface area contributed by atoms with Gasteiger partial charge in [-0.3, -0.25) is 10.1 Å². The van der Waals surface area contributed by atoms with E-state index in [1.165, 1.54) is 24.3 Å². The number of rotatable bonds is 3. The van der Waals surface area contributed by atoms with Crippen molar-refractivity contribution in [2.75, 3.05) is 0 Å². The fourth-order valence-electron chi connectivity index (χ4n) is 0.800. The molecule has 0 spiro atoms. The van der Waals surface area contributed by atoms with Crippen molar-refractivity contribution in [1.29, 1.82) is 0 Å². The summed E-state index contributed by atoms with van der Waals surface area (Å²) in [6.45, 7) is 0. The molecule has 5 heteroatoms. The minimum absolute atomic E-state index is 0.0178. The molecular weight excluding hydrogens is 250 g/mol. The third kappa shape index (κ3) is 2.75. The van der Waals surface area contributed by atoms with Crippen LogP contribution in [0.5, 0.6) is 5.75 Å². The van der Waals surface area contributed by atoms with Crippen LogP contribution in [0.15, 0.2) is 24.3 Å². The Morgan fingerprint density at radius 1 is 1.50 bits per heavy atom.